The zero-order chi connectivity index (χ0) is 19.9. The maximum absolute atomic E-state index is 13.2. The topological polar surface area (TPSA) is 51.7 Å². The molecule has 144 valence electrons. The molecule has 1 amide bonds. The summed E-state index contributed by atoms with van der Waals surface area (Å²) in [6.07, 6.45) is 3.51. The van der Waals surface area contributed by atoms with Crippen LogP contribution in [0.2, 0.25) is 0 Å². The van der Waals surface area contributed by atoms with Gasteiger partial charge in [0.15, 0.2) is 11.5 Å². The third-order valence-electron chi connectivity index (χ3n) is 4.50. The fourth-order valence-electron chi connectivity index (χ4n) is 2.99. The van der Waals surface area contributed by atoms with Gasteiger partial charge in [-0.25, -0.2) is 0 Å². The zero-order valence-corrected chi connectivity index (χ0v) is 16.4. The number of carbonyl (C=O) groups is 1. The van der Waals surface area contributed by atoms with Crippen molar-refractivity contribution in [2.75, 3.05) is 14.2 Å². The van der Waals surface area contributed by atoms with E-state index < -0.39 is 0 Å². The molecule has 0 radical (unpaired) electrons. The van der Waals surface area contributed by atoms with Crippen molar-refractivity contribution in [1.29, 1.82) is 0 Å². The second-order valence-electron chi connectivity index (χ2n) is 6.58. The van der Waals surface area contributed by atoms with Crippen LogP contribution in [-0.2, 0) is 13.1 Å². The van der Waals surface area contributed by atoms with Crippen LogP contribution < -0.4 is 9.47 Å². The number of hydrogen-bond donors (Lipinski definition) is 0. The SMILES string of the molecule is COc1ccc(CN(Cc2cccnc2)C(=O)c2ccc(C)cc2)cc1OC. The zero-order valence-electron chi connectivity index (χ0n) is 16.4. The Balaban J connectivity index is 1.89. The van der Waals surface area contributed by atoms with E-state index in [-0.39, 0.29) is 5.91 Å². The molecule has 0 N–H and O–H groups in total. The Morgan fingerprint density at radius 1 is 0.929 bits per heavy atom. The monoisotopic (exact) mass is 376 g/mol. The van der Waals surface area contributed by atoms with Gasteiger partial charge in [0.05, 0.1) is 14.2 Å². The number of benzene rings is 2. The van der Waals surface area contributed by atoms with Crippen LogP contribution in [0, 0.1) is 6.92 Å². The van der Waals surface area contributed by atoms with E-state index in [0.717, 1.165) is 16.7 Å². The van der Waals surface area contributed by atoms with Crippen LogP contribution in [0.1, 0.15) is 27.0 Å². The summed E-state index contributed by atoms with van der Waals surface area (Å²) in [5, 5.41) is 0. The normalized spacial score (nSPS) is 10.4. The first-order valence-corrected chi connectivity index (χ1v) is 9.06. The summed E-state index contributed by atoms with van der Waals surface area (Å²) >= 11 is 0. The van der Waals surface area contributed by atoms with E-state index in [0.29, 0.717) is 30.2 Å². The van der Waals surface area contributed by atoms with Gasteiger partial charge in [-0.05, 0) is 48.4 Å². The van der Waals surface area contributed by atoms with Gasteiger partial charge in [-0.1, -0.05) is 29.8 Å². The Kier molecular flexibility index (Phi) is 6.27. The number of amides is 1. The van der Waals surface area contributed by atoms with Crippen molar-refractivity contribution in [3.05, 3.63) is 89.2 Å². The lowest BCUT2D eigenvalue weighted by Crippen LogP contribution is -2.30. The minimum Gasteiger partial charge on any atom is -0.493 e. The molecule has 0 aliphatic carbocycles. The minimum atomic E-state index is -0.0290. The smallest absolute Gasteiger partial charge is 0.254 e. The van der Waals surface area contributed by atoms with Crippen LogP contribution in [-0.4, -0.2) is 30.0 Å². The molecule has 5 nitrogen and oxygen atoms in total. The fourth-order valence-corrected chi connectivity index (χ4v) is 2.99. The highest BCUT2D eigenvalue weighted by Gasteiger charge is 2.18. The summed E-state index contributed by atoms with van der Waals surface area (Å²) in [4.78, 5) is 19.2. The Morgan fingerprint density at radius 3 is 2.29 bits per heavy atom. The van der Waals surface area contributed by atoms with E-state index in [1.165, 1.54) is 0 Å². The molecule has 2 aromatic carbocycles. The van der Waals surface area contributed by atoms with Gasteiger partial charge in [0.1, 0.15) is 0 Å². The molecule has 3 aromatic rings. The number of pyridine rings is 1. The van der Waals surface area contributed by atoms with Crippen LogP contribution in [0.25, 0.3) is 0 Å². The third-order valence-corrected chi connectivity index (χ3v) is 4.50. The van der Waals surface area contributed by atoms with Crippen LogP contribution >= 0.6 is 0 Å². The largest absolute Gasteiger partial charge is 0.493 e. The van der Waals surface area contributed by atoms with Gasteiger partial charge in [-0.2, -0.15) is 0 Å². The summed E-state index contributed by atoms with van der Waals surface area (Å²) in [6.45, 7) is 2.92. The molecule has 3 rings (SSSR count). The van der Waals surface area contributed by atoms with E-state index in [2.05, 4.69) is 4.98 Å². The molecular weight excluding hydrogens is 352 g/mol. The average Bonchev–Trinajstić information content (AvgIpc) is 2.74. The summed E-state index contributed by atoms with van der Waals surface area (Å²) in [5.41, 5.74) is 3.72. The first-order valence-electron chi connectivity index (χ1n) is 9.06. The van der Waals surface area contributed by atoms with Gasteiger partial charge in [-0.15, -0.1) is 0 Å². The first-order chi connectivity index (χ1) is 13.6. The highest BCUT2D eigenvalue weighted by molar-refractivity contribution is 5.94. The molecule has 0 aliphatic heterocycles. The summed E-state index contributed by atoms with van der Waals surface area (Å²) in [6, 6.07) is 17.2. The van der Waals surface area contributed by atoms with E-state index >= 15 is 0 Å². The number of nitrogens with zero attached hydrogens (tertiary/aromatic N) is 2. The number of aryl methyl sites for hydroxylation is 1. The highest BCUT2D eigenvalue weighted by atomic mass is 16.5. The maximum atomic E-state index is 13.2. The molecule has 0 unspecified atom stereocenters. The predicted octanol–water partition coefficient (Wildman–Crippen LogP) is 4.25. The van der Waals surface area contributed by atoms with Gasteiger partial charge in [0, 0.05) is 31.0 Å². The van der Waals surface area contributed by atoms with E-state index in [4.69, 9.17) is 9.47 Å². The van der Waals surface area contributed by atoms with Gasteiger partial charge < -0.3 is 14.4 Å². The molecule has 0 saturated heterocycles. The molecule has 1 aromatic heterocycles. The summed E-state index contributed by atoms with van der Waals surface area (Å²) < 4.78 is 10.7. The van der Waals surface area contributed by atoms with Crippen molar-refractivity contribution in [2.45, 2.75) is 20.0 Å². The minimum absolute atomic E-state index is 0.0290. The number of hydrogen-bond acceptors (Lipinski definition) is 4. The molecule has 28 heavy (non-hydrogen) atoms. The van der Waals surface area contributed by atoms with Crippen molar-refractivity contribution in [3.8, 4) is 11.5 Å². The third kappa shape index (κ3) is 4.68. The molecule has 1 heterocycles. The van der Waals surface area contributed by atoms with Gasteiger partial charge in [-0.3, -0.25) is 9.78 Å². The van der Waals surface area contributed by atoms with Gasteiger partial charge in [0.2, 0.25) is 0 Å². The molecule has 0 fully saturated rings. The number of carbonyl (C=O) groups excluding carboxylic acids is 1. The van der Waals surface area contributed by atoms with Gasteiger partial charge in [0.25, 0.3) is 5.91 Å². The first kappa shape index (κ1) is 19.4. The van der Waals surface area contributed by atoms with E-state index in [1.54, 1.807) is 26.6 Å². The van der Waals surface area contributed by atoms with Crippen LogP contribution in [0.5, 0.6) is 11.5 Å². The van der Waals surface area contributed by atoms with Crippen LogP contribution in [0.15, 0.2) is 67.0 Å². The average molecular weight is 376 g/mol. The van der Waals surface area contributed by atoms with E-state index in [9.17, 15) is 4.79 Å². The number of ether oxygens (including phenoxy) is 2. The number of rotatable bonds is 7. The molecular formula is C23H24N2O3. The molecule has 0 saturated carbocycles. The lowest BCUT2D eigenvalue weighted by atomic mass is 10.1. The number of aromatic nitrogens is 1. The fraction of sp³-hybridized carbons (Fsp3) is 0.217. The van der Waals surface area contributed by atoms with Crippen molar-refractivity contribution in [2.24, 2.45) is 0 Å². The number of methoxy groups -OCH3 is 2. The summed E-state index contributed by atoms with van der Waals surface area (Å²) in [7, 11) is 3.21. The maximum Gasteiger partial charge on any atom is 0.254 e. The van der Waals surface area contributed by atoms with Crippen LogP contribution in [0.4, 0.5) is 0 Å². The summed E-state index contributed by atoms with van der Waals surface area (Å²) in [5.74, 6) is 1.28. The standard InChI is InChI=1S/C23H24N2O3/c1-17-6-9-20(10-7-17)23(26)25(16-19-5-4-12-24-14-19)15-18-8-11-21(27-2)22(13-18)28-3/h4-14H,15-16H2,1-3H3. The lowest BCUT2D eigenvalue weighted by Gasteiger charge is -2.23. The second kappa shape index (κ2) is 9.04. The van der Waals surface area contributed by atoms with Crippen molar-refractivity contribution >= 4 is 5.91 Å². The molecule has 0 spiro atoms. The Morgan fingerprint density at radius 2 is 1.64 bits per heavy atom. The Hall–Kier alpha value is -3.34. The predicted molar refractivity (Wildman–Crippen MR) is 109 cm³/mol. The lowest BCUT2D eigenvalue weighted by molar-refractivity contribution is 0.0729. The Bertz CT molecular complexity index is 924. The highest BCUT2D eigenvalue weighted by Crippen LogP contribution is 2.28. The quantitative estimate of drug-likeness (QED) is 0.619. The van der Waals surface area contributed by atoms with Gasteiger partial charge >= 0.3 is 0 Å². The van der Waals surface area contributed by atoms with Crippen LogP contribution in [0.3, 0.4) is 0 Å². The molecule has 0 bridgehead atoms. The molecule has 5 heteroatoms. The molecule has 0 aliphatic rings. The molecule has 0 atom stereocenters. The van der Waals surface area contributed by atoms with Crippen molar-refractivity contribution < 1.29 is 14.3 Å². The second-order valence-corrected chi connectivity index (χ2v) is 6.58. The Labute approximate surface area is 165 Å². The van der Waals surface area contributed by atoms with E-state index in [1.807, 2.05) is 66.4 Å². The van der Waals surface area contributed by atoms with Crippen molar-refractivity contribution in [1.82, 2.24) is 9.88 Å². The van der Waals surface area contributed by atoms with Crippen molar-refractivity contribution in [3.63, 3.8) is 0 Å².